The summed E-state index contributed by atoms with van der Waals surface area (Å²) < 4.78 is 10.5. The van der Waals surface area contributed by atoms with Gasteiger partial charge in [0.25, 0.3) is 5.91 Å². The van der Waals surface area contributed by atoms with Crippen molar-refractivity contribution in [1.29, 1.82) is 0 Å². The van der Waals surface area contributed by atoms with E-state index in [1.807, 2.05) is 6.92 Å². The molecule has 0 heterocycles. The van der Waals surface area contributed by atoms with Crippen LogP contribution in [0.25, 0.3) is 0 Å². The van der Waals surface area contributed by atoms with Crippen molar-refractivity contribution in [1.82, 2.24) is 5.32 Å². The second kappa shape index (κ2) is 7.63. The van der Waals surface area contributed by atoms with Crippen LogP contribution < -0.4 is 14.8 Å². The number of carbonyl (C=O) groups is 1. The number of rotatable bonds is 7. The lowest BCUT2D eigenvalue weighted by molar-refractivity contribution is -0.123. The van der Waals surface area contributed by atoms with Crippen molar-refractivity contribution in [2.24, 2.45) is 0 Å². The van der Waals surface area contributed by atoms with Gasteiger partial charge < -0.3 is 19.9 Å². The van der Waals surface area contributed by atoms with Crippen LogP contribution in [-0.4, -0.2) is 31.3 Å². The highest BCUT2D eigenvalue weighted by Gasteiger charge is 2.12. The van der Waals surface area contributed by atoms with Gasteiger partial charge in [0, 0.05) is 18.2 Å². The Morgan fingerprint density at radius 1 is 1.47 bits per heavy atom. The van der Waals surface area contributed by atoms with Crippen molar-refractivity contribution in [3.05, 3.63) is 23.8 Å². The van der Waals surface area contributed by atoms with Gasteiger partial charge in [0.15, 0.2) is 6.61 Å². The van der Waals surface area contributed by atoms with Crippen LogP contribution in [0, 0.1) is 0 Å². The Balaban J connectivity index is 2.72. The Labute approximate surface area is 113 Å². The van der Waals surface area contributed by atoms with Crippen LogP contribution in [0.3, 0.4) is 0 Å². The van der Waals surface area contributed by atoms with E-state index in [4.69, 9.17) is 9.47 Å². The molecule has 0 aromatic heterocycles. The largest absolute Gasteiger partial charge is 0.497 e. The molecule has 0 spiro atoms. The number of hydrogen-bond donors (Lipinski definition) is 2. The molecule has 1 atom stereocenters. The first kappa shape index (κ1) is 15.3. The molecule has 5 nitrogen and oxygen atoms in total. The van der Waals surface area contributed by atoms with Gasteiger partial charge in [-0.15, -0.1) is 0 Å². The molecule has 1 rings (SSSR count). The molecule has 1 aromatic rings. The maximum atomic E-state index is 11.5. The molecular formula is C14H21NO4. The molecule has 19 heavy (non-hydrogen) atoms. The monoisotopic (exact) mass is 267 g/mol. The number of ether oxygens (including phenoxy) is 2. The van der Waals surface area contributed by atoms with Crippen molar-refractivity contribution < 1.29 is 19.4 Å². The van der Waals surface area contributed by atoms with Crippen LogP contribution in [0.4, 0.5) is 0 Å². The molecule has 0 unspecified atom stereocenters. The molecular weight excluding hydrogens is 246 g/mol. The normalized spacial score (nSPS) is 11.8. The second-order valence-electron chi connectivity index (χ2n) is 4.22. The number of benzene rings is 1. The average molecular weight is 267 g/mol. The van der Waals surface area contributed by atoms with Gasteiger partial charge in [-0.2, -0.15) is 0 Å². The summed E-state index contributed by atoms with van der Waals surface area (Å²) in [6, 6.07) is 5.13. The van der Waals surface area contributed by atoms with E-state index in [2.05, 4.69) is 5.32 Å². The van der Waals surface area contributed by atoms with E-state index >= 15 is 0 Å². The van der Waals surface area contributed by atoms with Crippen LogP contribution in [0.2, 0.25) is 0 Å². The molecule has 1 amide bonds. The fourth-order valence-electron chi connectivity index (χ4n) is 1.57. The lowest BCUT2D eigenvalue weighted by Crippen LogP contribution is -2.29. The zero-order chi connectivity index (χ0) is 14.3. The smallest absolute Gasteiger partial charge is 0.257 e. The molecule has 0 aliphatic carbocycles. The molecule has 0 aliphatic rings. The Kier molecular flexibility index (Phi) is 6.15. The van der Waals surface area contributed by atoms with Crippen molar-refractivity contribution in [2.75, 3.05) is 20.3 Å². The molecule has 0 bridgehead atoms. The molecule has 0 fully saturated rings. The Hall–Kier alpha value is -1.75. The zero-order valence-corrected chi connectivity index (χ0v) is 11.6. The summed E-state index contributed by atoms with van der Waals surface area (Å²) in [4.78, 5) is 11.5. The van der Waals surface area contributed by atoms with E-state index in [-0.39, 0.29) is 12.5 Å². The summed E-state index contributed by atoms with van der Waals surface area (Å²) >= 11 is 0. The number of carbonyl (C=O) groups excluding carboxylic acids is 1. The Morgan fingerprint density at radius 3 is 2.79 bits per heavy atom. The van der Waals surface area contributed by atoms with Crippen molar-refractivity contribution in [3.8, 4) is 11.5 Å². The second-order valence-corrected chi connectivity index (χ2v) is 4.22. The molecule has 5 heteroatoms. The first-order valence-corrected chi connectivity index (χ1v) is 6.34. The summed E-state index contributed by atoms with van der Waals surface area (Å²) in [6.45, 7) is 4.18. The fraction of sp³-hybridized carbons (Fsp3) is 0.500. The average Bonchev–Trinajstić information content (AvgIpc) is 2.42. The van der Waals surface area contributed by atoms with Gasteiger partial charge >= 0.3 is 0 Å². The maximum absolute atomic E-state index is 11.5. The van der Waals surface area contributed by atoms with Crippen molar-refractivity contribution in [2.45, 2.75) is 26.4 Å². The number of aliphatic hydroxyl groups excluding tert-OH is 1. The standard InChI is InChI=1S/C14H21NO4/c1-4-7-15-14(17)9-19-13-8-11(18-3)5-6-12(13)10(2)16/h5-6,8,10,16H,4,7,9H2,1-3H3,(H,15,17)/t10-/m0/s1. The molecule has 0 saturated carbocycles. The third-order valence-electron chi connectivity index (χ3n) is 2.60. The minimum atomic E-state index is -0.667. The maximum Gasteiger partial charge on any atom is 0.257 e. The quantitative estimate of drug-likeness (QED) is 0.788. The van der Waals surface area contributed by atoms with E-state index in [1.54, 1.807) is 32.2 Å². The molecule has 1 aromatic carbocycles. The summed E-state index contributed by atoms with van der Waals surface area (Å²) in [5, 5.41) is 12.4. The van der Waals surface area contributed by atoms with Gasteiger partial charge in [-0.25, -0.2) is 0 Å². The number of nitrogens with one attached hydrogen (secondary N) is 1. The highest BCUT2D eigenvalue weighted by atomic mass is 16.5. The van der Waals surface area contributed by atoms with Crippen LogP contribution in [-0.2, 0) is 4.79 Å². The first-order valence-electron chi connectivity index (χ1n) is 6.34. The lowest BCUT2D eigenvalue weighted by Gasteiger charge is -2.14. The fourth-order valence-corrected chi connectivity index (χ4v) is 1.57. The van der Waals surface area contributed by atoms with Gasteiger partial charge in [0.1, 0.15) is 11.5 Å². The van der Waals surface area contributed by atoms with Crippen LogP contribution >= 0.6 is 0 Å². The van der Waals surface area contributed by atoms with Gasteiger partial charge in [-0.1, -0.05) is 6.92 Å². The third kappa shape index (κ3) is 4.79. The third-order valence-corrected chi connectivity index (χ3v) is 2.60. The molecule has 0 aliphatic heterocycles. The topological polar surface area (TPSA) is 67.8 Å². The Bertz CT molecular complexity index is 418. The summed E-state index contributed by atoms with van der Waals surface area (Å²) in [5.41, 5.74) is 0.629. The van der Waals surface area contributed by atoms with E-state index in [0.717, 1.165) is 6.42 Å². The number of aliphatic hydroxyl groups is 1. The van der Waals surface area contributed by atoms with Crippen molar-refractivity contribution >= 4 is 5.91 Å². The van der Waals surface area contributed by atoms with E-state index in [9.17, 15) is 9.90 Å². The van der Waals surface area contributed by atoms with Crippen LogP contribution in [0.1, 0.15) is 31.9 Å². The summed E-state index contributed by atoms with van der Waals surface area (Å²) in [5.74, 6) is 0.899. The van der Waals surface area contributed by atoms with Crippen molar-refractivity contribution in [3.63, 3.8) is 0 Å². The van der Waals surface area contributed by atoms with Gasteiger partial charge in [-0.3, -0.25) is 4.79 Å². The minimum Gasteiger partial charge on any atom is -0.497 e. The van der Waals surface area contributed by atoms with Gasteiger partial charge in [0.2, 0.25) is 0 Å². The SMILES string of the molecule is CCCNC(=O)COc1cc(OC)ccc1[C@H](C)O. The van der Waals surface area contributed by atoms with E-state index < -0.39 is 6.10 Å². The van der Waals surface area contributed by atoms with Gasteiger partial charge in [0.05, 0.1) is 13.2 Å². The first-order chi connectivity index (χ1) is 9.08. The zero-order valence-electron chi connectivity index (χ0n) is 11.6. The Morgan fingerprint density at radius 2 is 2.21 bits per heavy atom. The lowest BCUT2D eigenvalue weighted by atomic mass is 10.1. The van der Waals surface area contributed by atoms with E-state index in [0.29, 0.717) is 23.6 Å². The highest BCUT2D eigenvalue weighted by molar-refractivity contribution is 5.77. The van der Waals surface area contributed by atoms with Gasteiger partial charge in [-0.05, 0) is 25.5 Å². The summed E-state index contributed by atoms with van der Waals surface area (Å²) in [7, 11) is 1.55. The van der Waals surface area contributed by atoms with Crippen LogP contribution in [0.15, 0.2) is 18.2 Å². The molecule has 0 saturated heterocycles. The highest BCUT2D eigenvalue weighted by Crippen LogP contribution is 2.29. The van der Waals surface area contributed by atoms with E-state index in [1.165, 1.54) is 0 Å². The summed E-state index contributed by atoms with van der Waals surface area (Å²) in [6.07, 6.45) is 0.212. The predicted molar refractivity (Wildman–Crippen MR) is 72.4 cm³/mol. The predicted octanol–water partition coefficient (Wildman–Crippen LogP) is 1.65. The molecule has 0 radical (unpaired) electrons. The molecule has 2 N–H and O–H groups in total. The number of hydrogen-bond acceptors (Lipinski definition) is 4. The minimum absolute atomic E-state index is 0.0765. The number of amides is 1. The van der Waals surface area contributed by atoms with Crippen LogP contribution in [0.5, 0.6) is 11.5 Å². The molecule has 106 valence electrons. The number of methoxy groups -OCH3 is 1.